The van der Waals surface area contributed by atoms with Gasteiger partial charge in [-0.15, -0.1) is 0 Å². The van der Waals surface area contributed by atoms with Crippen LogP contribution in [0, 0.1) is 0 Å². The van der Waals surface area contributed by atoms with Gasteiger partial charge in [0.1, 0.15) is 0 Å². The third-order valence-corrected chi connectivity index (χ3v) is 3.21. The molecule has 0 atom stereocenters. The number of hydrogen-bond acceptors (Lipinski definition) is 3. The van der Waals surface area contributed by atoms with Crippen molar-refractivity contribution in [1.82, 2.24) is 10.4 Å². The first kappa shape index (κ1) is 13.3. The van der Waals surface area contributed by atoms with E-state index in [1.54, 1.807) is 0 Å². The van der Waals surface area contributed by atoms with Gasteiger partial charge >= 0.3 is 0 Å². The van der Waals surface area contributed by atoms with E-state index in [0.717, 1.165) is 23.5 Å². The predicted octanol–water partition coefficient (Wildman–Crippen LogP) is 3.87. The van der Waals surface area contributed by atoms with Gasteiger partial charge in [-0.3, -0.25) is 4.98 Å². The Bertz CT molecular complexity index is 664. The second-order valence-electron chi connectivity index (χ2n) is 4.76. The molecule has 0 bridgehead atoms. The molecule has 0 amide bonds. The van der Waals surface area contributed by atoms with E-state index in [9.17, 15) is 0 Å². The highest BCUT2D eigenvalue weighted by Crippen LogP contribution is 2.16. The maximum atomic E-state index is 4.35. The van der Waals surface area contributed by atoms with E-state index in [1.807, 2.05) is 54.7 Å². The zero-order valence-electron chi connectivity index (χ0n) is 11.7. The highest BCUT2D eigenvalue weighted by Gasteiger charge is 1.98. The van der Waals surface area contributed by atoms with Crippen molar-refractivity contribution in [1.29, 1.82) is 0 Å². The number of rotatable bonds is 5. The number of para-hydroxylation sites is 1. The standard InChI is InChI=1S/C18H17N3/c1-2-6-17(7-3-1)21-20-14-15-9-11-16(12-10-15)18-8-4-5-13-19-18/h1-13,20-21H,14H2. The Hall–Kier alpha value is -2.65. The molecule has 0 spiro atoms. The summed E-state index contributed by atoms with van der Waals surface area (Å²) in [4.78, 5) is 4.35. The molecule has 2 aromatic carbocycles. The molecule has 21 heavy (non-hydrogen) atoms. The number of hydrazine groups is 1. The van der Waals surface area contributed by atoms with Crippen molar-refractivity contribution in [3.8, 4) is 11.3 Å². The molecule has 0 fully saturated rings. The Balaban J connectivity index is 1.58. The summed E-state index contributed by atoms with van der Waals surface area (Å²) in [6, 6.07) is 24.4. The lowest BCUT2D eigenvalue weighted by molar-refractivity contribution is 0.801. The molecule has 0 saturated heterocycles. The molecule has 104 valence electrons. The summed E-state index contributed by atoms with van der Waals surface area (Å²) in [5, 5.41) is 0. The van der Waals surface area contributed by atoms with Gasteiger partial charge in [0, 0.05) is 24.0 Å². The highest BCUT2D eigenvalue weighted by atomic mass is 15.3. The van der Waals surface area contributed by atoms with Gasteiger partial charge in [-0.05, 0) is 29.8 Å². The molecule has 1 aromatic heterocycles. The minimum Gasteiger partial charge on any atom is -0.321 e. The summed E-state index contributed by atoms with van der Waals surface area (Å²) in [5.41, 5.74) is 10.8. The summed E-state index contributed by atoms with van der Waals surface area (Å²) in [6.07, 6.45) is 1.81. The van der Waals surface area contributed by atoms with Crippen molar-refractivity contribution in [2.45, 2.75) is 6.54 Å². The van der Waals surface area contributed by atoms with Crippen molar-refractivity contribution in [3.63, 3.8) is 0 Å². The predicted molar refractivity (Wildman–Crippen MR) is 86.6 cm³/mol. The van der Waals surface area contributed by atoms with Crippen molar-refractivity contribution in [2.75, 3.05) is 5.43 Å². The van der Waals surface area contributed by atoms with Crippen LogP contribution in [0.5, 0.6) is 0 Å². The Morgan fingerprint density at radius 1 is 0.762 bits per heavy atom. The number of hydrogen-bond donors (Lipinski definition) is 2. The first-order valence-corrected chi connectivity index (χ1v) is 6.96. The average Bonchev–Trinajstić information content (AvgIpc) is 2.57. The fraction of sp³-hybridized carbons (Fsp3) is 0.0556. The van der Waals surface area contributed by atoms with E-state index in [-0.39, 0.29) is 0 Å². The van der Waals surface area contributed by atoms with Crippen molar-refractivity contribution >= 4 is 5.69 Å². The molecule has 0 unspecified atom stereocenters. The number of nitrogens with one attached hydrogen (secondary N) is 2. The highest BCUT2D eigenvalue weighted by molar-refractivity contribution is 5.59. The van der Waals surface area contributed by atoms with E-state index >= 15 is 0 Å². The average molecular weight is 275 g/mol. The maximum Gasteiger partial charge on any atom is 0.0701 e. The van der Waals surface area contributed by atoms with Crippen LogP contribution in [-0.4, -0.2) is 4.98 Å². The Labute approximate surface area is 124 Å². The fourth-order valence-electron chi connectivity index (χ4n) is 2.10. The van der Waals surface area contributed by atoms with Crippen molar-refractivity contribution in [2.24, 2.45) is 0 Å². The van der Waals surface area contributed by atoms with Crippen LogP contribution in [0.2, 0.25) is 0 Å². The zero-order valence-corrected chi connectivity index (χ0v) is 11.7. The van der Waals surface area contributed by atoms with Gasteiger partial charge in [-0.2, -0.15) is 0 Å². The van der Waals surface area contributed by atoms with Crippen LogP contribution in [0.3, 0.4) is 0 Å². The van der Waals surface area contributed by atoms with Gasteiger partial charge in [-0.1, -0.05) is 48.5 Å². The molecule has 3 heteroatoms. The molecule has 1 heterocycles. The lowest BCUT2D eigenvalue weighted by Crippen LogP contribution is -2.20. The molecule has 0 saturated carbocycles. The molecule has 0 radical (unpaired) electrons. The van der Waals surface area contributed by atoms with Crippen LogP contribution in [0.25, 0.3) is 11.3 Å². The second-order valence-corrected chi connectivity index (χ2v) is 4.76. The van der Waals surface area contributed by atoms with Gasteiger partial charge in [0.2, 0.25) is 0 Å². The molecule has 0 aliphatic carbocycles. The zero-order chi connectivity index (χ0) is 14.3. The summed E-state index contributed by atoms with van der Waals surface area (Å²) in [5.74, 6) is 0. The van der Waals surface area contributed by atoms with Crippen LogP contribution >= 0.6 is 0 Å². The minimum absolute atomic E-state index is 0.761. The van der Waals surface area contributed by atoms with E-state index < -0.39 is 0 Å². The third kappa shape index (κ3) is 3.68. The van der Waals surface area contributed by atoms with Gasteiger partial charge in [0.25, 0.3) is 0 Å². The smallest absolute Gasteiger partial charge is 0.0701 e. The first-order chi connectivity index (χ1) is 10.4. The first-order valence-electron chi connectivity index (χ1n) is 6.96. The second kappa shape index (κ2) is 6.68. The lowest BCUT2D eigenvalue weighted by Gasteiger charge is -2.09. The molecular weight excluding hydrogens is 258 g/mol. The van der Waals surface area contributed by atoms with Gasteiger partial charge < -0.3 is 5.43 Å². The van der Waals surface area contributed by atoms with Gasteiger partial charge in [-0.25, -0.2) is 5.43 Å². The number of anilines is 1. The quantitative estimate of drug-likeness (QED) is 0.694. The van der Waals surface area contributed by atoms with E-state index in [1.165, 1.54) is 5.56 Å². The summed E-state index contributed by atoms with van der Waals surface area (Å²) >= 11 is 0. The summed E-state index contributed by atoms with van der Waals surface area (Å²) in [6.45, 7) is 0.761. The Morgan fingerprint density at radius 3 is 2.24 bits per heavy atom. The Kier molecular flexibility index (Phi) is 4.24. The number of aromatic nitrogens is 1. The molecule has 3 nitrogen and oxygen atoms in total. The normalized spacial score (nSPS) is 10.3. The molecule has 2 N–H and O–H groups in total. The maximum absolute atomic E-state index is 4.35. The molecule has 0 aliphatic heterocycles. The van der Waals surface area contributed by atoms with Crippen LogP contribution in [0.1, 0.15) is 5.56 Å². The minimum atomic E-state index is 0.761. The Morgan fingerprint density at radius 2 is 1.52 bits per heavy atom. The largest absolute Gasteiger partial charge is 0.321 e. The number of nitrogens with zero attached hydrogens (tertiary/aromatic N) is 1. The van der Waals surface area contributed by atoms with Crippen molar-refractivity contribution in [3.05, 3.63) is 84.6 Å². The van der Waals surface area contributed by atoms with Gasteiger partial charge in [0.05, 0.1) is 5.69 Å². The number of pyridine rings is 1. The van der Waals surface area contributed by atoms with Crippen LogP contribution < -0.4 is 10.9 Å². The monoisotopic (exact) mass is 275 g/mol. The third-order valence-electron chi connectivity index (χ3n) is 3.21. The summed E-state index contributed by atoms with van der Waals surface area (Å²) in [7, 11) is 0. The fourth-order valence-corrected chi connectivity index (χ4v) is 2.10. The van der Waals surface area contributed by atoms with Gasteiger partial charge in [0.15, 0.2) is 0 Å². The van der Waals surface area contributed by atoms with Crippen LogP contribution in [0.15, 0.2) is 79.0 Å². The van der Waals surface area contributed by atoms with E-state index in [0.29, 0.717) is 0 Å². The van der Waals surface area contributed by atoms with Crippen molar-refractivity contribution < 1.29 is 0 Å². The molecule has 3 aromatic rings. The SMILES string of the molecule is c1ccc(NNCc2ccc(-c3ccccn3)cc2)cc1. The molecular formula is C18H17N3. The van der Waals surface area contributed by atoms with Crippen LogP contribution in [-0.2, 0) is 6.54 Å². The lowest BCUT2D eigenvalue weighted by atomic mass is 10.1. The molecule has 0 aliphatic rings. The number of benzene rings is 2. The van der Waals surface area contributed by atoms with E-state index in [4.69, 9.17) is 0 Å². The summed E-state index contributed by atoms with van der Waals surface area (Å²) < 4.78 is 0. The topological polar surface area (TPSA) is 37.0 Å². The van der Waals surface area contributed by atoms with E-state index in [2.05, 4.69) is 40.1 Å². The molecule has 3 rings (SSSR count). The van der Waals surface area contributed by atoms with Crippen LogP contribution in [0.4, 0.5) is 5.69 Å².